The lowest BCUT2D eigenvalue weighted by atomic mass is 10.1. The molecule has 20 heavy (non-hydrogen) atoms. The van der Waals surface area contributed by atoms with Gasteiger partial charge >= 0.3 is 0 Å². The average Bonchev–Trinajstić information content (AvgIpc) is 2.94. The first-order chi connectivity index (χ1) is 9.76. The van der Waals surface area contributed by atoms with Gasteiger partial charge in [0.15, 0.2) is 0 Å². The highest BCUT2D eigenvalue weighted by molar-refractivity contribution is 5.38. The van der Waals surface area contributed by atoms with Gasteiger partial charge < -0.3 is 10.5 Å². The molecular weight excluding hydrogens is 246 g/mol. The van der Waals surface area contributed by atoms with E-state index in [2.05, 4.69) is 37.3 Å². The third-order valence-electron chi connectivity index (χ3n) is 4.05. The summed E-state index contributed by atoms with van der Waals surface area (Å²) in [5, 5.41) is 0. The zero-order chi connectivity index (χ0) is 13.9. The second-order valence-electron chi connectivity index (χ2n) is 5.55. The maximum Gasteiger partial charge on any atom is 0.123 e. The molecule has 2 N–H and O–H groups in total. The van der Waals surface area contributed by atoms with Crippen molar-refractivity contribution in [3.8, 4) is 5.75 Å². The smallest absolute Gasteiger partial charge is 0.123 e. The van der Waals surface area contributed by atoms with Crippen LogP contribution in [0.25, 0.3) is 0 Å². The van der Waals surface area contributed by atoms with Crippen molar-refractivity contribution in [2.75, 3.05) is 0 Å². The minimum Gasteiger partial charge on any atom is -0.489 e. The normalized spacial score (nSPS) is 13.3. The minimum absolute atomic E-state index is 0.551. The van der Waals surface area contributed by atoms with Crippen molar-refractivity contribution in [1.29, 1.82) is 0 Å². The van der Waals surface area contributed by atoms with Crippen LogP contribution in [0.4, 0.5) is 0 Å². The Morgan fingerprint density at radius 2 is 1.80 bits per heavy atom. The van der Waals surface area contributed by atoms with E-state index in [4.69, 9.17) is 10.5 Å². The summed E-state index contributed by atoms with van der Waals surface area (Å²) in [6.45, 7) is 3.25. The molecule has 1 aliphatic rings. The molecule has 0 radical (unpaired) electrons. The standard InChI is InChI=1S/C18H21NO/c1-13-5-6-14(11-19)10-18(13)20-12-15-7-8-16-3-2-4-17(16)9-15/h5-10H,2-4,11-12,19H2,1H3. The van der Waals surface area contributed by atoms with Crippen LogP contribution in [0.3, 0.4) is 0 Å². The van der Waals surface area contributed by atoms with Gasteiger partial charge in [0.25, 0.3) is 0 Å². The van der Waals surface area contributed by atoms with Crippen molar-refractivity contribution in [3.63, 3.8) is 0 Å². The average molecular weight is 267 g/mol. The van der Waals surface area contributed by atoms with Crippen LogP contribution in [-0.4, -0.2) is 0 Å². The van der Waals surface area contributed by atoms with Crippen LogP contribution in [0.1, 0.15) is 34.2 Å². The number of fused-ring (bicyclic) bond motifs is 1. The highest BCUT2D eigenvalue weighted by Crippen LogP contribution is 2.24. The molecule has 0 bridgehead atoms. The van der Waals surface area contributed by atoms with E-state index in [9.17, 15) is 0 Å². The SMILES string of the molecule is Cc1ccc(CN)cc1OCc1ccc2c(c1)CCC2. The zero-order valence-corrected chi connectivity index (χ0v) is 12.0. The fourth-order valence-corrected chi connectivity index (χ4v) is 2.80. The molecule has 0 fully saturated rings. The Kier molecular flexibility index (Phi) is 3.75. The monoisotopic (exact) mass is 267 g/mol. The van der Waals surface area contributed by atoms with Crippen molar-refractivity contribution in [1.82, 2.24) is 0 Å². The molecule has 104 valence electrons. The first-order valence-corrected chi connectivity index (χ1v) is 7.29. The van der Waals surface area contributed by atoms with Gasteiger partial charge in [-0.3, -0.25) is 0 Å². The van der Waals surface area contributed by atoms with Gasteiger partial charge in [0.1, 0.15) is 12.4 Å². The predicted molar refractivity (Wildman–Crippen MR) is 81.9 cm³/mol. The molecule has 0 saturated carbocycles. The topological polar surface area (TPSA) is 35.2 Å². The van der Waals surface area contributed by atoms with Gasteiger partial charge in [-0.25, -0.2) is 0 Å². The molecule has 0 amide bonds. The van der Waals surface area contributed by atoms with Crippen molar-refractivity contribution in [3.05, 3.63) is 64.2 Å². The van der Waals surface area contributed by atoms with Gasteiger partial charge in [0, 0.05) is 6.54 Å². The fourth-order valence-electron chi connectivity index (χ4n) is 2.80. The van der Waals surface area contributed by atoms with Crippen molar-refractivity contribution in [2.24, 2.45) is 5.73 Å². The second-order valence-corrected chi connectivity index (χ2v) is 5.55. The summed E-state index contributed by atoms with van der Waals surface area (Å²) in [5.74, 6) is 0.938. The molecular formula is C18H21NO. The fraction of sp³-hybridized carbons (Fsp3) is 0.333. The van der Waals surface area contributed by atoms with Gasteiger partial charge in [-0.1, -0.05) is 30.3 Å². The van der Waals surface area contributed by atoms with Crippen LogP contribution < -0.4 is 10.5 Å². The van der Waals surface area contributed by atoms with Crippen LogP contribution >= 0.6 is 0 Å². The van der Waals surface area contributed by atoms with Crippen molar-refractivity contribution < 1.29 is 4.74 Å². The summed E-state index contributed by atoms with van der Waals surface area (Å²) in [5.41, 5.74) is 12.2. The maximum atomic E-state index is 5.97. The Morgan fingerprint density at radius 3 is 2.65 bits per heavy atom. The highest BCUT2D eigenvalue weighted by Gasteiger charge is 2.11. The van der Waals surface area contributed by atoms with Crippen LogP contribution in [0.2, 0.25) is 0 Å². The number of benzene rings is 2. The summed E-state index contributed by atoms with van der Waals surface area (Å²) in [6, 6.07) is 12.9. The number of rotatable bonds is 4. The molecule has 0 aliphatic heterocycles. The minimum atomic E-state index is 0.551. The molecule has 3 rings (SSSR count). The van der Waals surface area contributed by atoms with E-state index in [-0.39, 0.29) is 0 Å². The summed E-state index contributed by atoms with van der Waals surface area (Å²) in [7, 11) is 0. The molecule has 2 heteroatoms. The molecule has 0 heterocycles. The van der Waals surface area contributed by atoms with Crippen LogP contribution in [0.15, 0.2) is 36.4 Å². The zero-order valence-electron chi connectivity index (χ0n) is 12.0. The van der Waals surface area contributed by atoms with E-state index in [0.29, 0.717) is 13.2 Å². The van der Waals surface area contributed by atoms with Gasteiger partial charge in [0.2, 0.25) is 0 Å². The molecule has 0 aromatic heterocycles. The molecule has 2 aromatic rings. The Bertz CT molecular complexity index is 619. The molecule has 0 unspecified atom stereocenters. The Morgan fingerprint density at radius 1 is 1.00 bits per heavy atom. The maximum absolute atomic E-state index is 5.97. The van der Waals surface area contributed by atoms with Crippen molar-refractivity contribution >= 4 is 0 Å². The largest absolute Gasteiger partial charge is 0.489 e. The highest BCUT2D eigenvalue weighted by atomic mass is 16.5. The van der Waals surface area contributed by atoms with E-state index in [0.717, 1.165) is 16.9 Å². The van der Waals surface area contributed by atoms with Gasteiger partial charge in [-0.05, 0) is 60.1 Å². The third-order valence-corrected chi connectivity index (χ3v) is 4.05. The summed E-state index contributed by atoms with van der Waals surface area (Å²) < 4.78 is 5.97. The Hall–Kier alpha value is -1.80. The summed E-state index contributed by atoms with van der Waals surface area (Å²) in [6.07, 6.45) is 3.73. The quantitative estimate of drug-likeness (QED) is 0.920. The number of hydrogen-bond acceptors (Lipinski definition) is 2. The lowest BCUT2D eigenvalue weighted by molar-refractivity contribution is 0.303. The lowest BCUT2D eigenvalue weighted by Gasteiger charge is -2.11. The predicted octanol–water partition coefficient (Wildman–Crippen LogP) is 3.52. The Balaban J connectivity index is 1.73. The Labute approximate surface area is 120 Å². The van der Waals surface area contributed by atoms with Crippen LogP contribution in [0, 0.1) is 6.92 Å². The second kappa shape index (κ2) is 5.68. The van der Waals surface area contributed by atoms with Gasteiger partial charge in [-0.2, -0.15) is 0 Å². The molecule has 0 atom stereocenters. The van der Waals surface area contributed by atoms with Gasteiger partial charge in [0.05, 0.1) is 0 Å². The van der Waals surface area contributed by atoms with E-state index >= 15 is 0 Å². The van der Waals surface area contributed by atoms with E-state index in [1.54, 1.807) is 0 Å². The van der Waals surface area contributed by atoms with Crippen LogP contribution in [-0.2, 0) is 26.0 Å². The number of nitrogens with two attached hydrogens (primary N) is 1. The number of aryl methyl sites for hydroxylation is 3. The molecule has 0 saturated heterocycles. The first-order valence-electron chi connectivity index (χ1n) is 7.29. The van der Waals surface area contributed by atoms with Crippen LogP contribution in [0.5, 0.6) is 5.75 Å². The number of hydrogen-bond donors (Lipinski definition) is 1. The van der Waals surface area contributed by atoms with Crippen molar-refractivity contribution in [2.45, 2.75) is 39.3 Å². The van der Waals surface area contributed by atoms with E-state index in [1.807, 2.05) is 6.07 Å². The third kappa shape index (κ3) is 2.70. The van der Waals surface area contributed by atoms with E-state index < -0.39 is 0 Å². The lowest BCUT2D eigenvalue weighted by Crippen LogP contribution is -2.01. The molecule has 2 nitrogen and oxygen atoms in total. The molecule has 1 aliphatic carbocycles. The molecule has 0 spiro atoms. The first kappa shape index (κ1) is 13.2. The molecule has 2 aromatic carbocycles. The van der Waals surface area contributed by atoms with Gasteiger partial charge in [-0.15, -0.1) is 0 Å². The summed E-state index contributed by atoms with van der Waals surface area (Å²) >= 11 is 0. The number of ether oxygens (including phenoxy) is 1. The van der Waals surface area contributed by atoms with E-state index in [1.165, 1.54) is 36.0 Å². The summed E-state index contributed by atoms with van der Waals surface area (Å²) in [4.78, 5) is 0.